The molecule has 2 N–H and O–H groups in total. The van der Waals surface area contributed by atoms with Crippen LogP contribution in [0.4, 0.5) is 5.82 Å². The number of benzene rings is 1. The van der Waals surface area contributed by atoms with Gasteiger partial charge in [0, 0.05) is 0 Å². The molecule has 0 bridgehead atoms. The molecule has 1 aromatic carbocycles. The highest BCUT2D eigenvalue weighted by Gasteiger charge is 2.07. The second kappa shape index (κ2) is 4.53. The molecule has 2 rings (SSSR count). The van der Waals surface area contributed by atoms with E-state index in [1.807, 2.05) is 38.1 Å². The fourth-order valence-electron chi connectivity index (χ4n) is 1.52. The number of ether oxygens (including phenoxy) is 1. The molecule has 2 aromatic rings. The quantitative estimate of drug-likeness (QED) is 0.887. The van der Waals surface area contributed by atoms with Crippen molar-refractivity contribution in [2.45, 2.75) is 13.8 Å². The van der Waals surface area contributed by atoms with Crippen LogP contribution in [0.2, 0.25) is 0 Å². The van der Waals surface area contributed by atoms with E-state index in [-0.39, 0.29) is 0 Å². The summed E-state index contributed by atoms with van der Waals surface area (Å²) >= 11 is 1.61. The Morgan fingerprint density at radius 2 is 2.00 bits per heavy atom. The molecule has 0 aliphatic rings. The van der Waals surface area contributed by atoms with Crippen molar-refractivity contribution >= 4 is 17.2 Å². The van der Waals surface area contributed by atoms with Gasteiger partial charge in [0.2, 0.25) is 0 Å². The first-order valence-electron chi connectivity index (χ1n) is 5.17. The summed E-state index contributed by atoms with van der Waals surface area (Å²) in [6.45, 7) is 4.61. The van der Waals surface area contributed by atoms with Crippen LogP contribution in [0.15, 0.2) is 24.3 Å². The van der Waals surface area contributed by atoms with Crippen LogP contribution >= 0.6 is 11.3 Å². The average molecular weight is 234 g/mol. The fraction of sp³-hybridized carbons (Fsp3) is 0.250. The molecule has 0 atom stereocenters. The fourth-order valence-corrected chi connectivity index (χ4v) is 2.36. The Balaban J connectivity index is 2.31. The van der Waals surface area contributed by atoms with Gasteiger partial charge in [-0.15, -0.1) is 11.3 Å². The number of nitrogen functional groups attached to an aromatic ring is 1. The third-order valence-electron chi connectivity index (χ3n) is 2.19. The molecule has 0 aliphatic carbocycles. The molecular formula is C12H14N2OS. The summed E-state index contributed by atoms with van der Waals surface area (Å²) < 4.78 is 5.39. The van der Waals surface area contributed by atoms with Crippen molar-refractivity contribution in [1.82, 2.24) is 4.98 Å². The number of nitrogens with two attached hydrogens (primary N) is 1. The number of aryl methyl sites for hydroxylation is 1. The molecule has 1 aromatic heterocycles. The van der Waals surface area contributed by atoms with Gasteiger partial charge in [-0.3, -0.25) is 0 Å². The van der Waals surface area contributed by atoms with Gasteiger partial charge in [0.1, 0.15) is 11.6 Å². The highest BCUT2D eigenvalue weighted by Crippen LogP contribution is 2.32. The Labute approximate surface area is 98.9 Å². The molecular weight excluding hydrogens is 220 g/mol. The standard InChI is InChI=1S/C12H14N2OS/c1-3-15-10-6-4-9(5-7-10)11-12(13)14-8(2)16-11/h4-7H,3,13H2,1-2H3. The van der Waals surface area contributed by atoms with Crippen LogP contribution in [-0.4, -0.2) is 11.6 Å². The molecule has 0 saturated carbocycles. The minimum Gasteiger partial charge on any atom is -0.494 e. The molecule has 0 unspecified atom stereocenters. The van der Waals surface area contributed by atoms with Gasteiger partial charge < -0.3 is 10.5 Å². The minimum absolute atomic E-state index is 0.603. The van der Waals surface area contributed by atoms with Gasteiger partial charge in [-0.05, 0) is 43.7 Å². The topological polar surface area (TPSA) is 48.1 Å². The van der Waals surface area contributed by atoms with E-state index in [2.05, 4.69) is 4.98 Å². The second-order valence-electron chi connectivity index (χ2n) is 3.40. The third-order valence-corrected chi connectivity index (χ3v) is 3.22. The number of rotatable bonds is 3. The summed E-state index contributed by atoms with van der Waals surface area (Å²) in [4.78, 5) is 5.24. The van der Waals surface area contributed by atoms with E-state index in [1.54, 1.807) is 11.3 Å². The molecule has 0 aliphatic heterocycles. The van der Waals surface area contributed by atoms with Crippen LogP contribution in [0.1, 0.15) is 11.9 Å². The lowest BCUT2D eigenvalue weighted by atomic mass is 10.2. The van der Waals surface area contributed by atoms with E-state index in [0.29, 0.717) is 12.4 Å². The average Bonchev–Trinajstić information content (AvgIpc) is 2.59. The Morgan fingerprint density at radius 3 is 2.50 bits per heavy atom. The number of aromatic nitrogens is 1. The van der Waals surface area contributed by atoms with Crippen molar-refractivity contribution < 1.29 is 4.74 Å². The van der Waals surface area contributed by atoms with Gasteiger partial charge in [0.05, 0.1) is 16.5 Å². The summed E-state index contributed by atoms with van der Waals surface area (Å²) in [5.74, 6) is 1.48. The maximum atomic E-state index is 5.84. The van der Waals surface area contributed by atoms with Crippen molar-refractivity contribution in [3.63, 3.8) is 0 Å². The molecule has 0 radical (unpaired) electrons. The van der Waals surface area contributed by atoms with Gasteiger partial charge in [0.15, 0.2) is 0 Å². The maximum Gasteiger partial charge on any atom is 0.142 e. The Bertz CT molecular complexity index is 476. The van der Waals surface area contributed by atoms with Gasteiger partial charge in [-0.25, -0.2) is 4.98 Å². The predicted octanol–water partition coefficient (Wildman–Crippen LogP) is 3.10. The van der Waals surface area contributed by atoms with Crippen molar-refractivity contribution in [3.8, 4) is 16.2 Å². The van der Waals surface area contributed by atoms with Crippen LogP contribution in [0, 0.1) is 6.92 Å². The van der Waals surface area contributed by atoms with E-state index < -0.39 is 0 Å². The predicted molar refractivity (Wildman–Crippen MR) is 67.9 cm³/mol. The molecule has 1 heterocycles. The molecule has 0 amide bonds. The molecule has 0 saturated heterocycles. The van der Waals surface area contributed by atoms with E-state index in [9.17, 15) is 0 Å². The van der Waals surface area contributed by atoms with Crippen LogP contribution in [0.5, 0.6) is 5.75 Å². The lowest BCUT2D eigenvalue weighted by Gasteiger charge is -2.03. The number of hydrogen-bond donors (Lipinski definition) is 1. The Hall–Kier alpha value is -1.55. The van der Waals surface area contributed by atoms with Gasteiger partial charge in [0.25, 0.3) is 0 Å². The zero-order valence-electron chi connectivity index (χ0n) is 9.36. The molecule has 84 valence electrons. The highest BCUT2D eigenvalue weighted by molar-refractivity contribution is 7.15. The van der Waals surface area contributed by atoms with E-state index >= 15 is 0 Å². The molecule has 0 fully saturated rings. The zero-order valence-corrected chi connectivity index (χ0v) is 10.2. The first-order chi connectivity index (χ1) is 7.70. The van der Waals surface area contributed by atoms with Crippen molar-refractivity contribution in [1.29, 1.82) is 0 Å². The van der Waals surface area contributed by atoms with Crippen molar-refractivity contribution in [2.75, 3.05) is 12.3 Å². The zero-order chi connectivity index (χ0) is 11.5. The van der Waals surface area contributed by atoms with Crippen LogP contribution in [-0.2, 0) is 0 Å². The number of thiazole rings is 1. The van der Waals surface area contributed by atoms with Gasteiger partial charge in [-0.2, -0.15) is 0 Å². The monoisotopic (exact) mass is 234 g/mol. The Morgan fingerprint density at radius 1 is 1.31 bits per heavy atom. The molecule has 4 heteroatoms. The van der Waals surface area contributed by atoms with E-state index in [0.717, 1.165) is 21.2 Å². The largest absolute Gasteiger partial charge is 0.494 e. The van der Waals surface area contributed by atoms with Crippen LogP contribution in [0.25, 0.3) is 10.4 Å². The lowest BCUT2D eigenvalue weighted by Crippen LogP contribution is -1.91. The second-order valence-corrected chi connectivity index (χ2v) is 4.61. The molecule has 3 nitrogen and oxygen atoms in total. The summed E-state index contributed by atoms with van der Waals surface area (Å²) in [6, 6.07) is 7.92. The summed E-state index contributed by atoms with van der Waals surface area (Å²) in [6.07, 6.45) is 0. The van der Waals surface area contributed by atoms with Crippen LogP contribution in [0.3, 0.4) is 0 Å². The van der Waals surface area contributed by atoms with Gasteiger partial charge in [-0.1, -0.05) is 0 Å². The highest BCUT2D eigenvalue weighted by atomic mass is 32.1. The summed E-state index contributed by atoms with van der Waals surface area (Å²) in [7, 11) is 0. The molecule has 0 spiro atoms. The SMILES string of the molecule is CCOc1ccc(-c2sc(C)nc2N)cc1. The smallest absolute Gasteiger partial charge is 0.142 e. The first kappa shape index (κ1) is 11.0. The number of hydrogen-bond acceptors (Lipinski definition) is 4. The normalized spacial score (nSPS) is 10.4. The van der Waals surface area contributed by atoms with Crippen LogP contribution < -0.4 is 10.5 Å². The van der Waals surface area contributed by atoms with Gasteiger partial charge >= 0.3 is 0 Å². The number of anilines is 1. The van der Waals surface area contributed by atoms with E-state index in [4.69, 9.17) is 10.5 Å². The molecule has 16 heavy (non-hydrogen) atoms. The van der Waals surface area contributed by atoms with E-state index in [1.165, 1.54) is 0 Å². The van der Waals surface area contributed by atoms with Crippen molar-refractivity contribution in [2.24, 2.45) is 0 Å². The number of nitrogens with zero attached hydrogens (tertiary/aromatic N) is 1. The lowest BCUT2D eigenvalue weighted by molar-refractivity contribution is 0.340. The summed E-state index contributed by atoms with van der Waals surface area (Å²) in [5, 5.41) is 0.987. The Kier molecular flexibility index (Phi) is 3.10. The third kappa shape index (κ3) is 2.17. The first-order valence-corrected chi connectivity index (χ1v) is 5.98. The maximum absolute atomic E-state index is 5.84. The summed E-state index contributed by atoms with van der Waals surface area (Å²) in [5.41, 5.74) is 6.93. The minimum atomic E-state index is 0.603. The van der Waals surface area contributed by atoms with Crippen molar-refractivity contribution in [3.05, 3.63) is 29.3 Å².